The number of hydrogen-bond donors (Lipinski definition) is 1. The number of nitrogens with one attached hydrogen (secondary N) is 1. The van der Waals surface area contributed by atoms with Crippen molar-refractivity contribution in [1.82, 2.24) is 25.0 Å². The van der Waals surface area contributed by atoms with Crippen LogP contribution in [0.5, 0.6) is 0 Å². The molecule has 0 saturated carbocycles. The van der Waals surface area contributed by atoms with Crippen molar-refractivity contribution >= 4 is 12.4 Å². The predicted molar refractivity (Wildman–Crippen MR) is 45.8 cm³/mol. The van der Waals surface area contributed by atoms with E-state index in [-0.39, 0.29) is 12.4 Å². The molecule has 2 rings (SSSR count). The Morgan fingerprint density at radius 2 is 2.25 bits per heavy atom. The number of hydrogen-bond acceptors (Lipinski definition) is 3. The Morgan fingerprint density at radius 1 is 1.42 bits per heavy atom. The lowest BCUT2D eigenvalue weighted by Gasteiger charge is -1.93. The van der Waals surface area contributed by atoms with Crippen LogP contribution >= 0.6 is 12.4 Å². The molecule has 2 aromatic rings. The molecule has 64 valence electrons. The van der Waals surface area contributed by atoms with Gasteiger partial charge in [-0.3, -0.25) is 0 Å². The van der Waals surface area contributed by atoms with Gasteiger partial charge in [0, 0.05) is 7.05 Å². The van der Waals surface area contributed by atoms with Gasteiger partial charge in [0.1, 0.15) is 5.69 Å². The average molecular weight is 186 g/mol. The SMILES string of the molecule is Cl.Cn1nncc1-c1cnc[nH]1. The first-order chi connectivity index (χ1) is 5.38. The summed E-state index contributed by atoms with van der Waals surface area (Å²) in [7, 11) is 1.84. The molecule has 6 heteroatoms. The second kappa shape index (κ2) is 3.36. The third kappa shape index (κ3) is 1.31. The highest BCUT2D eigenvalue weighted by molar-refractivity contribution is 5.85. The van der Waals surface area contributed by atoms with E-state index >= 15 is 0 Å². The summed E-state index contributed by atoms with van der Waals surface area (Å²) >= 11 is 0. The molecule has 0 aliphatic carbocycles. The summed E-state index contributed by atoms with van der Waals surface area (Å²) < 4.78 is 1.69. The number of rotatable bonds is 1. The highest BCUT2D eigenvalue weighted by atomic mass is 35.5. The fourth-order valence-electron chi connectivity index (χ4n) is 0.930. The number of H-pyrrole nitrogens is 1. The Kier molecular flexibility index (Phi) is 2.44. The maximum atomic E-state index is 3.89. The number of aromatic nitrogens is 5. The van der Waals surface area contributed by atoms with Crippen LogP contribution in [0, 0.1) is 0 Å². The van der Waals surface area contributed by atoms with Crippen molar-refractivity contribution in [3.05, 3.63) is 18.7 Å². The van der Waals surface area contributed by atoms with E-state index in [0.29, 0.717) is 0 Å². The van der Waals surface area contributed by atoms with Gasteiger partial charge in [-0.25, -0.2) is 9.67 Å². The van der Waals surface area contributed by atoms with Crippen molar-refractivity contribution < 1.29 is 0 Å². The summed E-state index contributed by atoms with van der Waals surface area (Å²) in [5.74, 6) is 0. The topological polar surface area (TPSA) is 59.4 Å². The minimum absolute atomic E-state index is 0. The quantitative estimate of drug-likeness (QED) is 0.709. The monoisotopic (exact) mass is 185 g/mol. The van der Waals surface area contributed by atoms with E-state index in [4.69, 9.17) is 0 Å². The van der Waals surface area contributed by atoms with Crippen LogP contribution in [0.1, 0.15) is 0 Å². The van der Waals surface area contributed by atoms with Gasteiger partial charge in [0.2, 0.25) is 0 Å². The van der Waals surface area contributed by atoms with Gasteiger partial charge in [0.15, 0.2) is 0 Å². The fourth-order valence-corrected chi connectivity index (χ4v) is 0.930. The molecule has 0 aliphatic rings. The van der Waals surface area contributed by atoms with E-state index < -0.39 is 0 Å². The Morgan fingerprint density at radius 3 is 2.75 bits per heavy atom. The van der Waals surface area contributed by atoms with Crippen LogP contribution in [0.15, 0.2) is 18.7 Å². The number of imidazole rings is 1. The molecule has 0 amide bonds. The fraction of sp³-hybridized carbons (Fsp3) is 0.167. The zero-order valence-electron chi connectivity index (χ0n) is 6.43. The molecule has 0 atom stereocenters. The second-order valence-corrected chi connectivity index (χ2v) is 2.21. The summed E-state index contributed by atoms with van der Waals surface area (Å²) in [6.45, 7) is 0. The Balaban J connectivity index is 0.000000720. The molecular formula is C6H8ClN5. The van der Waals surface area contributed by atoms with Gasteiger partial charge in [0.25, 0.3) is 0 Å². The van der Waals surface area contributed by atoms with Crippen molar-refractivity contribution in [2.75, 3.05) is 0 Å². The lowest BCUT2D eigenvalue weighted by atomic mass is 10.4. The normalized spacial score (nSPS) is 9.42. The van der Waals surface area contributed by atoms with Crippen molar-refractivity contribution in [2.45, 2.75) is 0 Å². The van der Waals surface area contributed by atoms with E-state index in [1.165, 1.54) is 0 Å². The van der Waals surface area contributed by atoms with Gasteiger partial charge >= 0.3 is 0 Å². The number of aryl methyl sites for hydroxylation is 1. The molecule has 0 spiro atoms. The first-order valence-corrected chi connectivity index (χ1v) is 3.21. The molecule has 0 saturated heterocycles. The smallest absolute Gasteiger partial charge is 0.106 e. The Hall–Kier alpha value is -1.36. The first-order valence-electron chi connectivity index (χ1n) is 3.21. The van der Waals surface area contributed by atoms with Gasteiger partial charge in [-0.2, -0.15) is 0 Å². The molecule has 1 N–H and O–H groups in total. The first kappa shape index (κ1) is 8.73. The maximum Gasteiger partial charge on any atom is 0.106 e. The standard InChI is InChI=1S/C6H7N5.ClH/c1-11-6(3-9-10-11)5-2-7-4-8-5;/h2-4H,1H3,(H,7,8);1H. The van der Waals surface area contributed by atoms with Crippen molar-refractivity contribution in [3.63, 3.8) is 0 Å². The molecule has 2 heterocycles. The molecule has 0 radical (unpaired) electrons. The summed E-state index contributed by atoms with van der Waals surface area (Å²) in [5, 5.41) is 7.53. The van der Waals surface area contributed by atoms with Gasteiger partial charge in [-0.15, -0.1) is 17.5 Å². The lowest BCUT2D eigenvalue weighted by molar-refractivity contribution is 0.719. The van der Waals surface area contributed by atoms with E-state index in [9.17, 15) is 0 Å². The van der Waals surface area contributed by atoms with E-state index in [1.54, 1.807) is 23.4 Å². The minimum Gasteiger partial charge on any atom is -0.343 e. The minimum atomic E-state index is 0. The highest BCUT2D eigenvalue weighted by Gasteiger charge is 2.02. The number of aromatic amines is 1. The van der Waals surface area contributed by atoms with Crippen LogP contribution in [-0.2, 0) is 7.05 Å². The van der Waals surface area contributed by atoms with Crippen LogP contribution in [0.3, 0.4) is 0 Å². The third-order valence-corrected chi connectivity index (χ3v) is 1.49. The number of halogens is 1. The van der Waals surface area contributed by atoms with Crippen LogP contribution in [0.25, 0.3) is 11.4 Å². The van der Waals surface area contributed by atoms with Crippen molar-refractivity contribution in [1.29, 1.82) is 0 Å². The molecule has 5 nitrogen and oxygen atoms in total. The van der Waals surface area contributed by atoms with Crippen LogP contribution in [0.2, 0.25) is 0 Å². The molecule has 0 aliphatic heterocycles. The number of nitrogens with zero attached hydrogens (tertiary/aromatic N) is 4. The predicted octanol–water partition coefficient (Wildman–Crippen LogP) is 0.627. The van der Waals surface area contributed by atoms with Gasteiger partial charge in [0.05, 0.1) is 24.4 Å². The molecule has 0 unspecified atom stereocenters. The van der Waals surface area contributed by atoms with Crippen LogP contribution < -0.4 is 0 Å². The van der Waals surface area contributed by atoms with Crippen LogP contribution in [0.4, 0.5) is 0 Å². The average Bonchev–Trinajstić information content (AvgIpc) is 2.55. The zero-order valence-corrected chi connectivity index (χ0v) is 7.25. The van der Waals surface area contributed by atoms with Crippen LogP contribution in [-0.4, -0.2) is 25.0 Å². The molecule has 0 bridgehead atoms. The summed E-state index contributed by atoms with van der Waals surface area (Å²) in [6, 6.07) is 0. The molecule has 0 aromatic carbocycles. The van der Waals surface area contributed by atoms with E-state index in [2.05, 4.69) is 20.3 Å². The molecule has 0 fully saturated rings. The molecular weight excluding hydrogens is 178 g/mol. The second-order valence-electron chi connectivity index (χ2n) is 2.21. The summed E-state index contributed by atoms with van der Waals surface area (Å²) in [6.07, 6.45) is 5.05. The van der Waals surface area contributed by atoms with Crippen molar-refractivity contribution in [3.8, 4) is 11.4 Å². The van der Waals surface area contributed by atoms with Gasteiger partial charge < -0.3 is 4.98 Å². The van der Waals surface area contributed by atoms with Gasteiger partial charge in [-0.05, 0) is 0 Å². The molecule has 12 heavy (non-hydrogen) atoms. The zero-order chi connectivity index (χ0) is 7.68. The molecule has 2 aromatic heterocycles. The summed E-state index contributed by atoms with van der Waals surface area (Å²) in [5.41, 5.74) is 1.86. The van der Waals surface area contributed by atoms with E-state index in [0.717, 1.165) is 11.4 Å². The Bertz CT molecular complexity index is 338. The van der Waals surface area contributed by atoms with Gasteiger partial charge in [-0.1, -0.05) is 5.21 Å². The lowest BCUT2D eigenvalue weighted by Crippen LogP contribution is -1.93. The maximum absolute atomic E-state index is 3.89. The van der Waals surface area contributed by atoms with E-state index in [1.807, 2.05) is 7.05 Å². The van der Waals surface area contributed by atoms with Crippen molar-refractivity contribution in [2.24, 2.45) is 7.05 Å². The summed E-state index contributed by atoms with van der Waals surface area (Å²) in [4.78, 5) is 6.86. The highest BCUT2D eigenvalue weighted by Crippen LogP contribution is 2.11. The third-order valence-electron chi connectivity index (χ3n) is 1.49. The largest absolute Gasteiger partial charge is 0.343 e. The Labute approximate surface area is 75.2 Å².